The van der Waals surface area contributed by atoms with Crippen LogP contribution in [0.2, 0.25) is 0 Å². The second kappa shape index (κ2) is 9.38. The van der Waals surface area contributed by atoms with E-state index in [1.54, 1.807) is 36.4 Å². The number of carbonyl (C=O) groups excluding carboxylic acids is 2. The van der Waals surface area contributed by atoms with Crippen LogP contribution in [-0.4, -0.2) is 38.2 Å². The van der Waals surface area contributed by atoms with E-state index in [1.807, 2.05) is 19.1 Å². The molecule has 0 radical (unpaired) electrons. The van der Waals surface area contributed by atoms with Crippen molar-refractivity contribution in [1.82, 2.24) is 0 Å². The summed E-state index contributed by atoms with van der Waals surface area (Å²) in [5.74, 6) is 0.0487. The van der Waals surface area contributed by atoms with Gasteiger partial charge >= 0.3 is 11.9 Å². The minimum absolute atomic E-state index is 0.175. The van der Waals surface area contributed by atoms with Gasteiger partial charge in [-0.25, -0.2) is 14.6 Å². The van der Waals surface area contributed by atoms with Crippen molar-refractivity contribution in [3.05, 3.63) is 63.8 Å². The summed E-state index contributed by atoms with van der Waals surface area (Å²) in [6.45, 7) is 2.01. The van der Waals surface area contributed by atoms with Crippen LogP contribution < -0.4 is 9.47 Å². The molecule has 2 aromatic carbocycles. The molecule has 1 heterocycles. The number of halogens is 1. The first-order valence-electron chi connectivity index (χ1n) is 8.75. The van der Waals surface area contributed by atoms with Gasteiger partial charge in [0.2, 0.25) is 5.90 Å². The lowest BCUT2D eigenvalue weighted by atomic mass is 10.1. The normalized spacial score (nSPS) is 14.4. The zero-order chi connectivity index (χ0) is 20.8. The highest BCUT2D eigenvalue weighted by atomic mass is 79.9. The minimum Gasteiger partial charge on any atom is -0.490 e. The molecule has 3 rings (SSSR count). The minimum atomic E-state index is -0.535. The van der Waals surface area contributed by atoms with Gasteiger partial charge in [-0.15, -0.1) is 0 Å². The Kier molecular flexibility index (Phi) is 6.66. The molecule has 1 aliphatic rings. The Labute approximate surface area is 176 Å². The summed E-state index contributed by atoms with van der Waals surface area (Å²) in [5, 5.41) is 0. The van der Waals surface area contributed by atoms with Gasteiger partial charge in [-0.1, -0.05) is 22.0 Å². The number of aliphatic imine (C=N–C) groups is 1. The predicted molar refractivity (Wildman–Crippen MR) is 110 cm³/mol. The highest BCUT2D eigenvalue weighted by Gasteiger charge is 2.24. The van der Waals surface area contributed by atoms with Gasteiger partial charge in [-0.2, -0.15) is 0 Å². The molecule has 8 heteroatoms. The van der Waals surface area contributed by atoms with E-state index >= 15 is 0 Å². The first-order chi connectivity index (χ1) is 14.0. The Balaban J connectivity index is 1.84. The van der Waals surface area contributed by atoms with E-state index in [-0.39, 0.29) is 18.2 Å². The van der Waals surface area contributed by atoms with Crippen LogP contribution in [0.15, 0.2) is 57.6 Å². The molecule has 0 aliphatic carbocycles. The molecule has 2 aromatic rings. The Morgan fingerprint density at radius 1 is 1.14 bits per heavy atom. The number of methoxy groups -OCH3 is 1. The first kappa shape index (κ1) is 20.6. The van der Waals surface area contributed by atoms with Crippen molar-refractivity contribution in [2.45, 2.75) is 6.92 Å². The molecule has 0 aromatic heterocycles. The number of carbonyl (C=O) groups is 2. The van der Waals surface area contributed by atoms with E-state index in [0.717, 1.165) is 4.47 Å². The second-order valence-corrected chi connectivity index (χ2v) is 6.76. The highest BCUT2D eigenvalue weighted by molar-refractivity contribution is 9.10. The molecular formula is C21H18BrNO6. The number of hydrogen-bond donors (Lipinski definition) is 0. The van der Waals surface area contributed by atoms with Crippen molar-refractivity contribution in [2.24, 2.45) is 4.99 Å². The summed E-state index contributed by atoms with van der Waals surface area (Å²) in [6.07, 6.45) is 1.60. The van der Waals surface area contributed by atoms with Gasteiger partial charge in [-0.3, -0.25) is 0 Å². The quantitative estimate of drug-likeness (QED) is 0.463. The smallest absolute Gasteiger partial charge is 0.363 e. The van der Waals surface area contributed by atoms with E-state index < -0.39 is 11.9 Å². The van der Waals surface area contributed by atoms with Gasteiger partial charge in [0.25, 0.3) is 0 Å². The fourth-order valence-corrected chi connectivity index (χ4v) is 2.74. The van der Waals surface area contributed by atoms with Crippen molar-refractivity contribution < 1.29 is 28.5 Å². The van der Waals surface area contributed by atoms with Crippen molar-refractivity contribution >= 4 is 39.8 Å². The summed E-state index contributed by atoms with van der Waals surface area (Å²) in [5.41, 5.74) is 1.55. The molecule has 0 N–H and O–H groups in total. The van der Waals surface area contributed by atoms with Crippen LogP contribution in [0.25, 0.3) is 6.08 Å². The van der Waals surface area contributed by atoms with Gasteiger partial charge in [0, 0.05) is 10.0 Å². The molecule has 150 valence electrons. The zero-order valence-electron chi connectivity index (χ0n) is 15.8. The fraction of sp³-hybridized carbons (Fsp3) is 0.190. The lowest BCUT2D eigenvalue weighted by molar-refractivity contribution is -0.143. The van der Waals surface area contributed by atoms with Crippen LogP contribution in [0, 0.1) is 0 Å². The molecule has 29 heavy (non-hydrogen) atoms. The van der Waals surface area contributed by atoms with Crippen LogP contribution in [0.1, 0.15) is 18.1 Å². The number of rotatable bonds is 7. The predicted octanol–water partition coefficient (Wildman–Crippen LogP) is 3.74. The third-order valence-corrected chi connectivity index (χ3v) is 4.38. The lowest BCUT2D eigenvalue weighted by Gasteiger charge is -2.11. The van der Waals surface area contributed by atoms with E-state index in [1.165, 1.54) is 7.11 Å². The van der Waals surface area contributed by atoms with Gasteiger partial charge < -0.3 is 18.9 Å². The maximum atomic E-state index is 12.2. The van der Waals surface area contributed by atoms with E-state index in [9.17, 15) is 9.59 Å². The average Bonchev–Trinajstić information content (AvgIpc) is 3.08. The van der Waals surface area contributed by atoms with Crippen molar-refractivity contribution in [3.63, 3.8) is 0 Å². The molecule has 0 saturated heterocycles. The molecule has 0 atom stereocenters. The maximum absolute atomic E-state index is 12.2. The number of benzene rings is 2. The monoisotopic (exact) mass is 459 g/mol. The summed E-state index contributed by atoms with van der Waals surface area (Å²) >= 11 is 3.36. The average molecular weight is 460 g/mol. The van der Waals surface area contributed by atoms with Crippen LogP contribution in [0.4, 0.5) is 0 Å². The molecule has 0 amide bonds. The molecule has 0 fully saturated rings. The lowest BCUT2D eigenvalue weighted by Crippen LogP contribution is -2.13. The van der Waals surface area contributed by atoms with Crippen LogP contribution in [0.3, 0.4) is 0 Å². The molecule has 1 aliphatic heterocycles. The van der Waals surface area contributed by atoms with Crippen molar-refractivity contribution in [2.75, 3.05) is 20.3 Å². The van der Waals surface area contributed by atoms with Gasteiger partial charge in [0.1, 0.15) is 0 Å². The van der Waals surface area contributed by atoms with Crippen LogP contribution in [0.5, 0.6) is 11.5 Å². The third kappa shape index (κ3) is 5.23. The number of cyclic esters (lactones) is 1. The summed E-state index contributed by atoms with van der Waals surface area (Å²) in [7, 11) is 1.29. The fourth-order valence-electron chi connectivity index (χ4n) is 2.48. The number of ether oxygens (including phenoxy) is 4. The summed E-state index contributed by atoms with van der Waals surface area (Å²) in [6, 6.07) is 12.4. The zero-order valence-corrected chi connectivity index (χ0v) is 17.4. The Bertz CT molecular complexity index is 981. The molecule has 0 spiro atoms. The van der Waals surface area contributed by atoms with Gasteiger partial charge in [0.05, 0.1) is 13.7 Å². The van der Waals surface area contributed by atoms with E-state index in [0.29, 0.717) is 29.2 Å². The Morgan fingerprint density at radius 2 is 1.90 bits per heavy atom. The van der Waals surface area contributed by atoms with Crippen LogP contribution in [-0.2, 0) is 19.1 Å². The summed E-state index contributed by atoms with van der Waals surface area (Å²) in [4.78, 5) is 27.8. The second-order valence-electron chi connectivity index (χ2n) is 5.85. The van der Waals surface area contributed by atoms with Crippen molar-refractivity contribution in [3.8, 4) is 11.5 Å². The topological polar surface area (TPSA) is 83.4 Å². The highest BCUT2D eigenvalue weighted by Crippen LogP contribution is 2.30. The first-order valence-corrected chi connectivity index (χ1v) is 9.54. The standard InChI is InChI=1S/C21H18BrNO6/c1-3-27-18-11-13(4-9-17(18)28-12-19(24)26-2)10-16-21(25)29-20(23-16)14-5-7-15(22)8-6-14/h4-11H,3,12H2,1-2H3/b16-10-. The Hall–Kier alpha value is -3.13. The van der Waals surface area contributed by atoms with Gasteiger partial charge in [0.15, 0.2) is 23.8 Å². The summed E-state index contributed by atoms with van der Waals surface area (Å²) < 4.78 is 21.8. The molecule has 0 saturated carbocycles. The molecule has 0 bridgehead atoms. The van der Waals surface area contributed by atoms with E-state index in [2.05, 4.69) is 25.7 Å². The van der Waals surface area contributed by atoms with E-state index in [4.69, 9.17) is 14.2 Å². The molecule has 7 nitrogen and oxygen atoms in total. The third-order valence-electron chi connectivity index (χ3n) is 3.86. The molecule has 0 unspecified atom stereocenters. The number of esters is 2. The van der Waals surface area contributed by atoms with Crippen molar-refractivity contribution in [1.29, 1.82) is 0 Å². The molecular weight excluding hydrogens is 442 g/mol. The largest absolute Gasteiger partial charge is 0.490 e. The number of hydrogen-bond acceptors (Lipinski definition) is 7. The SMILES string of the molecule is CCOc1cc(/C=C2\N=C(c3ccc(Br)cc3)OC2=O)ccc1OCC(=O)OC. The van der Waals surface area contributed by atoms with Crippen LogP contribution >= 0.6 is 15.9 Å². The maximum Gasteiger partial charge on any atom is 0.363 e. The Morgan fingerprint density at radius 3 is 2.59 bits per heavy atom. The number of nitrogens with zero attached hydrogens (tertiary/aromatic N) is 1. The van der Waals surface area contributed by atoms with Gasteiger partial charge in [-0.05, 0) is 55.0 Å².